The van der Waals surface area contributed by atoms with Gasteiger partial charge >= 0.3 is 0 Å². The second kappa shape index (κ2) is 7.68. The van der Waals surface area contributed by atoms with Crippen LogP contribution in [-0.2, 0) is 6.54 Å². The third-order valence-corrected chi connectivity index (χ3v) is 3.62. The molecule has 2 aromatic rings. The van der Waals surface area contributed by atoms with Crippen molar-refractivity contribution in [1.82, 2.24) is 4.90 Å². The molecule has 0 radical (unpaired) electrons. The minimum atomic E-state index is -0.460. The van der Waals surface area contributed by atoms with Crippen molar-refractivity contribution in [3.05, 3.63) is 53.3 Å². The number of halogens is 1. The first kappa shape index (κ1) is 17.6. The predicted octanol–water partition coefficient (Wildman–Crippen LogP) is 3.12. The Balaban J connectivity index is 2.19. The fraction of sp³-hybridized carbons (Fsp3) is 0.278. The lowest BCUT2D eigenvalue weighted by Crippen LogP contribution is -2.26. The number of carbonyl (C=O) groups is 1. The van der Waals surface area contributed by atoms with Gasteiger partial charge in [-0.15, -0.1) is 0 Å². The summed E-state index contributed by atoms with van der Waals surface area (Å²) in [5, 5.41) is 0. The Morgan fingerprint density at radius 2 is 1.71 bits per heavy atom. The lowest BCUT2D eigenvalue weighted by atomic mass is 10.1. The van der Waals surface area contributed by atoms with Gasteiger partial charge in [-0.2, -0.15) is 0 Å². The molecule has 0 aliphatic carbocycles. The molecule has 0 bridgehead atoms. The zero-order valence-corrected chi connectivity index (χ0v) is 14.1. The SMILES string of the molecule is COc1ccc(C(=O)N(C)Cc2ccc(OC)c(F)c2)c(OC)c1. The van der Waals surface area contributed by atoms with Crippen LogP contribution in [0.25, 0.3) is 0 Å². The molecule has 0 aliphatic rings. The molecule has 0 unspecified atom stereocenters. The van der Waals surface area contributed by atoms with Gasteiger partial charge in [-0.05, 0) is 29.8 Å². The number of ether oxygens (including phenoxy) is 3. The first-order valence-corrected chi connectivity index (χ1v) is 7.30. The van der Waals surface area contributed by atoms with Crippen LogP contribution in [0.3, 0.4) is 0 Å². The Morgan fingerprint density at radius 3 is 2.29 bits per heavy atom. The van der Waals surface area contributed by atoms with Gasteiger partial charge in [0.15, 0.2) is 11.6 Å². The summed E-state index contributed by atoms with van der Waals surface area (Å²) in [5.74, 6) is 0.503. The molecule has 0 atom stereocenters. The smallest absolute Gasteiger partial charge is 0.257 e. The third kappa shape index (κ3) is 3.76. The molecule has 128 valence electrons. The van der Waals surface area contributed by atoms with Crippen LogP contribution in [-0.4, -0.2) is 39.2 Å². The highest BCUT2D eigenvalue weighted by atomic mass is 19.1. The van der Waals surface area contributed by atoms with Crippen molar-refractivity contribution in [1.29, 1.82) is 0 Å². The fourth-order valence-electron chi connectivity index (χ4n) is 2.33. The van der Waals surface area contributed by atoms with Gasteiger partial charge < -0.3 is 19.1 Å². The van der Waals surface area contributed by atoms with Crippen LogP contribution in [0.2, 0.25) is 0 Å². The van der Waals surface area contributed by atoms with Crippen LogP contribution in [0.15, 0.2) is 36.4 Å². The van der Waals surface area contributed by atoms with E-state index in [0.717, 1.165) is 0 Å². The molecule has 0 aromatic heterocycles. The van der Waals surface area contributed by atoms with E-state index in [1.807, 2.05) is 0 Å². The maximum absolute atomic E-state index is 13.8. The number of hydrogen-bond acceptors (Lipinski definition) is 4. The molecule has 0 aliphatic heterocycles. The third-order valence-electron chi connectivity index (χ3n) is 3.62. The van der Waals surface area contributed by atoms with Crippen LogP contribution in [0, 0.1) is 5.82 Å². The highest BCUT2D eigenvalue weighted by molar-refractivity contribution is 5.97. The highest BCUT2D eigenvalue weighted by Crippen LogP contribution is 2.26. The Morgan fingerprint density at radius 1 is 1.00 bits per heavy atom. The van der Waals surface area contributed by atoms with Crippen molar-refractivity contribution < 1.29 is 23.4 Å². The van der Waals surface area contributed by atoms with Gasteiger partial charge in [-0.3, -0.25) is 4.79 Å². The lowest BCUT2D eigenvalue weighted by Gasteiger charge is -2.19. The molecule has 1 amide bonds. The van der Waals surface area contributed by atoms with E-state index in [4.69, 9.17) is 14.2 Å². The van der Waals surface area contributed by atoms with Crippen molar-refractivity contribution in [2.45, 2.75) is 6.54 Å². The van der Waals surface area contributed by atoms with E-state index in [1.54, 1.807) is 38.4 Å². The zero-order chi connectivity index (χ0) is 17.7. The molecule has 0 saturated heterocycles. The monoisotopic (exact) mass is 333 g/mol. The van der Waals surface area contributed by atoms with Gasteiger partial charge in [0.05, 0.1) is 26.9 Å². The van der Waals surface area contributed by atoms with E-state index < -0.39 is 5.82 Å². The summed E-state index contributed by atoms with van der Waals surface area (Å²) in [6.07, 6.45) is 0. The summed E-state index contributed by atoms with van der Waals surface area (Å²) in [5.41, 5.74) is 1.08. The lowest BCUT2D eigenvalue weighted by molar-refractivity contribution is 0.0781. The van der Waals surface area contributed by atoms with Crippen LogP contribution in [0.1, 0.15) is 15.9 Å². The van der Waals surface area contributed by atoms with Crippen LogP contribution in [0.5, 0.6) is 17.2 Å². The number of nitrogens with zero attached hydrogens (tertiary/aromatic N) is 1. The van der Waals surface area contributed by atoms with E-state index in [1.165, 1.54) is 31.3 Å². The quantitative estimate of drug-likeness (QED) is 0.815. The van der Waals surface area contributed by atoms with Gasteiger partial charge in [0.2, 0.25) is 0 Å². The standard InChI is InChI=1S/C18H20FNO4/c1-20(11-12-5-8-16(23-3)15(19)9-12)18(21)14-7-6-13(22-2)10-17(14)24-4/h5-10H,11H2,1-4H3. The van der Waals surface area contributed by atoms with Crippen molar-refractivity contribution in [2.75, 3.05) is 28.4 Å². The summed E-state index contributed by atoms with van der Waals surface area (Å²) >= 11 is 0. The van der Waals surface area contributed by atoms with Crippen LogP contribution < -0.4 is 14.2 Å². The Labute approximate surface area is 140 Å². The minimum absolute atomic E-state index is 0.171. The average molecular weight is 333 g/mol. The number of hydrogen-bond donors (Lipinski definition) is 0. The van der Waals surface area contributed by atoms with Gasteiger partial charge in [0.1, 0.15) is 11.5 Å². The van der Waals surface area contributed by atoms with E-state index in [0.29, 0.717) is 22.6 Å². The molecular weight excluding hydrogens is 313 g/mol. The molecule has 5 nitrogen and oxygen atoms in total. The number of carbonyl (C=O) groups excluding carboxylic acids is 1. The highest BCUT2D eigenvalue weighted by Gasteiger charge is 2.18. The molecule has 0 spiro atoms. The van der Waals surface area contributed by atoms with Crippen molar-refractivity contribution in [3.63, 3.8) is 0 Å². The second-order valence-electron chi connectivity index (χ2n) is 5.20. The maximum atomic E-state index is 13.8. The molecule has 6 heteroatoms. The van der Waals surface area contributed by atoms with Gasteiger partial charge in [-0.25, -0.2) is 4.39 Å². The Hall–Kier alpha value is -2.76. The topological polar surface area (TPSA) is 48.0 Å². The minimum Gasteiger partial charge on any atom is -0.497 e. The fourth-order valence-corrected chi connectivity index (χ4v) is 2.33. The molecule has 0 N–H and O–H groups in total. The zero-order valence-electron chi connectivity index (χ0n) is 14.1. The normalized spacial score (nSPS) is 10.2. The average Bonchev–Trinajstić information content (AvgIpc) is 2.60. The molecule has 2 aromatic carbocycles. The molecule has 0 heterocycles. The number of benzene rings is 2. The number of rotatable bonds is 6. The second-order valence-corrected chi connectivity index (χ2v) is 5.20. The molecule has 0 saturated carbocycles. The summed E-state index contributed by atoms with van der Waals surface area (Å²) in [7, 11) is 6.09. The van der Waals surface area contributed by atoms with E-state index in [9.17, 15) is 9.18 Å². The van der Waals surface area contributed by atoms with Crippen molar-refractivity contribution in [2.24, 2.45) is 0 Å². The Bertz CT molecular complexity index is 733. The Kier molecular flexibility index (Phi) is 5.63. The van der Waals surface area contributed by atoms with Crippen LogP contribution in [0.4, 0.5) is 4.39 Å². The molecule has 2 rings (SSSR count). The van der Waals surface area contributed by atoms with Gasteiger partial charge in [0, 0.05) is 19.7 Å². The van der Waals surface area contributed by atoms with Crippen molar-refractivity contribution >= 4 is 5.91 Å². The summed E-state index contributed by atoms with van der Waals surface area (Å²) in [6, 6.07) is 9.59. The van der Waals surface area contributed by atoms with Crippen LogP contribution >= 0.6 is 0 Å². The summed E-state index contributed by atoms with van der Waals surface area (Å²) < 4.78 is 29.0. The summed E-state index contributed by atoms with van der Waals surface area (Å²) in [6.45, 7) is 0.259. The first-order valence-electron chi connectivity index (χ1n) is 7.30. The van der Waals surface area contributed by atoms with Gasteiger partial charge in [0.25, 0.3) is 5.91 Å². The first-order chi connectivity index (χ1) is 11.5. The van der Waals surface area contributed by atoms with E-state index in [2.05, 4.69) is 0 Å². The number of methoxy groups -OCH3 is 3. The number of amides is 1. The molecule has 0 fully saturated rings. The maximum Gasteiger partial charge on any atom is 0.257 e. The van der Waals surface area contributed by atoms with E-state index >= 15 is 0 Å². The molecule has 24 heavy (non-hydrogen) atoms. The molecular formula is C18H20FNO4. The van der Waals surface area contributed by atoms with Gasteiger partial charge in [-0.1, -0.05) is 6.07 Å². The summed E-state index contributed by atoms with van der Waals surface area (Å²) in [4.78, 5) is 14.1. The van der Waals surface area contributed by atoms with Crippen molar-refractivity contribution in [3.8, 4) is 17.2 Å². The predicted molar refractivity (Wildman–Crippen MR) is 88.3 cm³/mol. The largest absolute Gasteiger partial charge is 0.497 e. The van der Waals surface area contributed by atoms with E-state index in [-0.39, 0.29) is 18.2 Å².